The molecule has 1 amide bonds. The van der Waals surface area contributed by atoms with Gasteiger partial charge in [0.15, 0.2) is 5.69 Å². The normalized spacial score (nSPS) is 11.8. The second kappa shape index (κ2) is 5.70. The van der Waals surface area contributed by atoms with Crippen LogP contribution in [-0.2, 0) is 13.2 Å². The maximum Gasteiger partial charge on any atom is 0.435 e. The standard InChI is InChI=1S/C12H9F5N4O/c1-21-8(4-9(20-21)12(15,16)17)11(22)19-6-2-3-7(10(13)14)18-5-6/h2-5,10H,1H3,(H,19,22). The highest BCUT2D eigenvalue weighted by molar-refractivity contribution is 6.03. The summed E-state index contributed by atoms with van der Waals surface area (Å²) in [6, 6.07) is 2.77. The minimum absolute atomic E-state index is 0.0733. The number of carbonyl (C=O) groups excluding carboxylic acids is 1. The molecule has 0 radical (unpaired) electrons. The van der Waals surface area contributed by atoms with E-state index in [0.29, 0.717) is 6.07 Å². The van der Waals surface area contributed by atoms with Gasteiger partial charge in [-0.1, -0.05) is 0 Å². The second-order valence-corrected chi connectivity index (χ2v) is 4.26. The molecule has 118 valence electrons. The van der Waals surface area contributed by atoms with Crippen LogP contribution in [0.1, 0.15) is 28.3 Å². The van der Waals surface area contributed by atoms with E-state index in [1.165, 1.54) is 13.1 Å². The highest BCUT2D eigenvalue weighted by Crippen LogP contribution is 2.28. The lowest BCUT2D eigenvalue weighted by molar-refractivity contribution is -0.141. The Morgan fingerprint density at radius 1 is 1.32 bits per heavy atom. The molecule has 22 heavy (non-hydrogen) atoms. The van der Waals surface area contributed by atoms with Crippen molar-refractivity contribution in [2.24, 2.45) is 7.05 Å². The molecule has 0 atom stereocenters. The quantitative estimate of drug-likeness (QED) is 0.884. The van der Waals surface area contributed by atoms with Crippen molar-refractivity contribution in [3.8, 4) is 0 Å². The molecule has 2 aromatic heterocycles. The summed E-state index contributed by atoms with van der Waals surface area (Å²) in [5, 5.41) is 5.45. The van der Waals surface area contributed by atoms with E-state index in [-0.39, 0.29) is 11.4 Å². The predicted molar refractivity (Wildman–Crippen MR) is 65.4 cm³/mol. The molecule has 10 heteroatoms. The molecule has 0 bridgehead atoms. The van der Waals surface area contributed by atoms with Gasteiger partial charge in [0.2, 0.25) is 0 Å². The minimum atomic E-state index is -4.67. The minimum Gasteiger partial charge on any atom is -0.319 e. The highest BCUT2D eigenvalue weighted by Gasteiger charge is 2.35. The van der Waals surface area contributed by atoms with Crippen molar-refractivity contribution in [2.75, 3.05) is 5.32 Å². The average molecular weight is 320 g/mol. The van der Waals surface area contributed by atoms with Gasteiger partial charge in [0.25, 0.3) is 12.3 Å². The number of amides is 1. The van der Waals surface area contributed by atoms with Gasteiger partial charge < -0.3 is 5.32 Å². The van der Waals surface area contributed by atoms with Gasteiger partial charge in [0, 0.05) is 13.1 Å². The number of pyridine rings is 1. The SMILES string of the molecule is Cn1nc(C(F)(F)F)cc1C(=O)Nc1ccc(C(F)F)nc1. The van der Waals surface area contributed by atoms with Crippen LogP contribution in [-0.4, -0.2) is 20.7 Å². The molecule has 0 fully saturated rings. The molecule has 0 aromatic carbocycles. The zero-order valence-electron chi connectivity index (χ0n) is 11.0. The molecule has 2 rings (SSSR count). The van der Waals surface area contributed by atoms with Crippen LogP contribution in [0, 0.1) is 0 Å². The number of aromatic nitrogens is 3. The maximum atomic E-state index is 12.5. The van der Waals surface area contributed by atoms with Crippen molar-refractivity contribution in [1.82, 2.24) is 14.8 Å². The van der Waals surface area contributed by atoms with E-state index in [4.69, 9.17) is 0 Å². The van der Waals surface area contributed by atoms with E-state index in [9.17, 15) is 26.7 Å². The largest absolute Gasteiger partial charge is 0.435 e. The van der Waals surface area contributed by atoms with E-state index in [0.717, 1.165) is 16.9 Å². The van der Waals surface area contributed by atoms with Crippen molar-refractivity contribution in [3.63, 3.8) is 0 Å². The number of halogens is 5. The Bertz CT molecular complexity index is 678. The van der Waals surface area contributed by atoms with Gasteiger partial charge in [-0.2, -0.15) is 18.3 Å². The van der Waals surface area contributed by atoms with Gasteiger partial charge in [-0.05, 0) is 12.1 Å². The molecular weight excluding hydrogens is 311 g/mol. The molecule has 0 aliphatic rings. The van der Waals surface area contributed by atoms with Gasteiger partial charge in [-0.3, -0.25) is 14.5 Å². The number of aryl methyl sites for hydroxylation is 1. The molecule has 0 aliphatic carbocycles. The third kappa shape index (κ3) is 3.38. The first kappa shape index (κ1) is 15.9. The molecule has 0 spiro atoms. The maximum absolute atomic E-state index is 12.5. The summed E-state index contributed by atoms with van der Waals surface area (Å²) in [5.74, 6) is -0.864. The summed E-state index contributed by atoms with van der Waals surface area (Å²) in [7, 11) is 1.18. The summed E-state index contributed by atoms with van der Waals surface area (Å²) in [6.45, 7) is 0. The molecule has 1 N–H and O–H groups in total. The summed E-state index contributed by atoms with van der Waals surface area (Å²) in [4.78, 5) is 15.3. The van der Waals surface area contributed by atoms with Gasteiger partial charge in [-0.25, -0.2) is 8.78 Å². The molecule has 0 unspecified atom stereocenters. The number of nitrogens with zero attached hydrogens (tertiary/aromatic N) is 3. The molecular formula is C12H9F5N4O. The first-order valence-electron chi connectivity index (χ1n) is 5.85. The molecule has 2 aromatic rings. The number of alkyl halides is 5. The van der Waals surface area contributed by atoms with Crippen molar-refractivity contribution in [1.29, 1.82) is 0 Å². The topological polar surface area (TPSA) is 59.8 Å². The zero-order valence-corrected chi connectivity index (χ0v) is 11.0. The average Bonchev–Trinajstić information content (AvgIpc) is 2.81. The van der Waals surface area contributed by atoms with Crippen molar-refractivity contribution in [3.05, 3.63) is 41.5 Å². The lowest BCUT2D eigenvalue weighted by Crippen LogP contribution is -2.16. The lowest BCUT2D eigenvalue weighted by atomic mass is 10.3. The number of anilines is 1. The van der Waals surface area contributed by atoms with E-state index in [2.05, 4.69) is 15.4 Å². The van der Waals surface area contributed by atoms with Gasteiger partial charge >= 0.3 is 6.18 Å². The van der Waals surface area contributed by atoms with Crippen molar-refractivity contribution >= 4 is 11.6 Å². The van der Waals surface area contributed by atoms with Crippen molar-refractivity contribution in [2.45, 2.75) is 12.6 Å². The van der Waals surface area contributed by atoms with Crippen LogP contribution in [0.25, 0.3) is 0 Å². The first-order chi connectivity index (χ1) is 10.2. The fourth-order valence-electron chi connectivity index (χ4n) is 1.62. The second-order valence-electron chi connectivity index (χ2n) is 4.26. The highest BCUT2D eigenvalue weighted by atomic mass is 19.4. The van der Waals surface area contributed by atoms with E-state index in [1.807, 2.05) is 0 Å². The third-order valence-electron chi connectivity index (χ3n) is 2.67. The van der Waals surface area contributed by atoms with E-state index < -0.39 is 29.9 Å². The van der Waals surface area contributed by atoms with Gasteiger partial charge in [0.1, 0.15) is 11.4 Å². The molecule has 2 heterocycles. The van der Waals surface area contributed by atoms with Crippen LogP contribution in [0.5, 0.6) is 0 Å². The zero-order chi connectivity index (χ0) is 16.5. The lowest BCUT2D eigenvalue weighted by Gasteiger charge is -2.05. The van der Waals surface area contributed by atoms with E-state index >= 15 is 0 Å². The number of hydrogen-bond donors (Lipinski definition) is 1. The van der Waals surface area contributed by atoms with Crippen LogP contribution in [0.3, 0.4) is 0 Å². The molecule has 0 saturated heterocycles. The summed E-state index contributed by atoms with van der Waals surface area (Å²) in [5.41, 5.74) is -1.93. The summed E-state index contributed by atoms with van der Waals surface area (Å²) < 4.78 is 62.9. The molecule has 5 nitrogen and oxygen atoms in total. The van der Waals surface area contributed by atoms with E-state index in [1.54, 1.807) is 0 Å². The number of nitrogens with one attached hydrogen (secondary N) is 1. The van der Waals surface area contributed by atoms with Gasteiger partial charge in [-0.15, -0.1) is 0 Å². The van der Waals surface area contributed by atoms with Crippen LogP contribution in [0.2, 0.25) is 0 Å². The monoisotopic (exact) mass is 320 g/mol. The van der Waals surface area contributed by atoms with Crippen LogP contribution in [0.15, 0.2) is 24.4 Å². The van der Waals surface area contributed by atoms with Crippen LogP contribution < -0.4 is 5.32 Å². The van der Waals surface area contributed by atoms with Crippen LogP contribution in [0.4, 0.5) is 27.6 Å². The van der Waals surface area contributed by atoms with Crippen molar-refractivity contribution < 1.29 is 26.7 Å². The first-order valence-corrected chi connectivity index (χ1v) is 5.85. The Morgan fingerprint density at radius 3 is 2.45 bits per heavy atom. The summed E-state index contributed by atoms with van der Waals surface area (Å²) in [6.07, 6.45) is -6.44. The predicted octanol–water partition coefficient (Wildman–Crippen LogP) is 3.02. The smallest absolute Gasteiger partial charge is 0.319 e. The molecule has 0 aliphatic heterocycles. The number of rotatable bonds is 3. The summed E-state index contributed by atoms with van der Waals surface area (Å²) >= 11 is 0. The third-order valence-corrected chi connectivity index (χ3v) is 2.67. The number of hydrogen-bond acceptors (Lipinski definition) is 3. The fraction of sp³-hybridized carbons (Fsp3) is 0.250. The Labute approximate surface area is 120 Å². The Balaban J connectivity index is 2.17. The Morgan fingerprint density at radius 2 is 2.00 bits per heavy atom. The number of carbonyl (C=O) groups is 1. The molecule has 0 saturated carbocycles. The fourth-order valence-corrected chi connectivity index (χ4v) is 1.62. The Hall–Kier alpha value is -2.52. The Kier molecular flexibility index (Phi) is 4.11. The van der Waals surface area contributed by atoms with Crippen LogP contribution >= 0.6 is 0 Å². The van der Waals surface area contributed by atoms with Gasteiger partial charge in [0.05, 0.1) is 11.9 Å².